The van der Waals surface area contributed by atoms with E-state index in [2.05, 4.69) is 6.58 Å². The van der Waals surface area contributed by atoms with E-state index in [1.54, 1.807) is 12.1 Å². The van der Waals surface area contributed by atoms with E-state index in [1.807, 2.05) is 43.4 Å². The Kier molecular flexibility index (Phi) is 4.93. The number of hydrogen-bond donors (Lipinski definition) is 1. The van der Waals surface area contributed by atoms with Crippen molar-refractivity contribution in [1.82, 2.24) is 0 Å². The van der Waals surface area contributed by atoms with Gasteiger partial charge < -0.3 is 10.5 Å². The molecule has 0 saturated heterocycles. The van der Waals surface area contributed by atoms with E-state index in [9.17, 15) is 0 Å². The highest BCUT2D eigenvalue weighted by atomic mass is 16.5. The molecule has 2 nitrogen and oxygen atoms in total. The fraction of sp³-hybridized carbons (Fsp3) is 0.143. The first-order valence-corrected chi connectivity index (χ1v) is 5.19. The van der Waals surface area contributed by atoms with Crippen LogP contribution < -0.4 is 10.5 Å². The van der Waals surface area contributed by atoms with Crippen LogP contribution in [-0.2, 0) is 0 Å². The van der Waals surface area contributed by atoms with Gasteiger partial charge in [-0.25, -0.2) is 0 Å². The van der Waals surface area contributed by atoms with Crippen LogP contribution in [0.25, 0.3) is 0 Å². The van der Waals surface area contributed by atoms with Gasteiger partial charge in [0.15, 0.2) is 0 Å². The molecule has 0 aromatic heterocycles. The zero-order chi connectivity index (χ0) is 11.8. The summed E-state index contributed by atoms with van der Waals surface area (Å²) >= 11 is 0. The van der Waals surface area contributed by atoms with Gasteiger partial charge in [0, 0.05) is 11.8 Å². The van der Waals surface area contributed by atoms with Crippen molar-refractivity contribution in [2.75, 3.05) is 12.3 Å². The van der Waals surface area contributed by atoms with Gasteiger partial charge in [0.25, 0.3) is 0 Å². The number of nitrogen functional groups attached to an aromatic ring is 1. The Hall–Kier alpha value is -1.96. The monoisotopic (exact) mass is 215 g/mol. The quantitative estimate of drug-likeness (QED) is 0.604. The van der Waals surface area contributed by atoms with E-state index in [0.29, 0.717) is 12.3 Å². The third-order valence-electron chi connectivity index (χ3n) is 1.98. The fourth-order valence-electron chi connectivity index (χ4n) is 1.29. The number of rotatable bonds is 5. The van der Waals surface area contributed by atoms with Crippen molar-refractivity contribution < 1.29 is 4.74 Å². The van der Waals surface area contributed by atoms with Crippen LogP contribution in [-0.4, -0.2) is 6.61 Å². The lowest BCUT2D eigenvalue weighted by Gasteiger charge is -2.07. The van der Waals surface area contributed by atoms with Gasteiger partial charge >= 0.3 is 0 Å². The predicted molar refractivity (Wildman–Crippen MR) is 69.4 cm³/mol. The molecule has 0 radical (unpaired) electrons. The maximum atomic E-state index is 5.66. The molecule has 0 aliphatic rings. The minimum Gasteiger partial charge on any atom is -0.489 e. The molecule has 0 amide bonds. The Balaban J connectivity index is 2.62. The van der Waals surface area contributed by atoms with Gasteiger partial charge in [0.2, 0.25) is 0 Å². The molecule has 0 fully saturated rings. The number of anilines is 1. The molecule has 2 heteroatoms. The SMILES string of the molecule is C=C/C=C(\C=C/C)COc1cccc(N)c1. The summed E-state index contributed by atoms with van der Waals surface area (Å²) in [6.45, 7) is 6.15. The van der Waals surface area contributed by atoms with Crippen LogP contribution in [0.15, 0.2) is 60.7 Å². The Bertz CT molecular complexity index is 405. The second kappa shape index (κ2) is 6.51. The maximum Gasteiger partial charge on any atom is 0.121 e. The number of benzene rings is 1. The first-order chi connectivity index (χ1) is 7.76. The molecule has 1 aromatic rings. The summed E-state index contributed by atoms with van der Waals surface area (Å²) in [6.07, 6.45) is 7.64. The minimum absolute atomic E-state index is 0.514. The van der Waals surface area contributed by atoms with E-state index in [4.69, 9.17) is 10.5 Å². The van der Waals surface area contributed by atoms with Crippen LogP contribution in [0, 0.1) is 0 Å². The average Bonchev–Trinajstić information content (AvgIpc) is 2.27. The van der Waals surface area contributed by atoms with Gasteiger partial charge in [-0.2, -0.15) is 0 Å². The number of ether oxygens (including phenoxy) is 1. The normalized spacial score (nSPS) is 11.7. The summed E-state index contributed by atoms with van der Waals surface area (Å²) in [5, 5.41) is 0. The van der Waals surface area contributed by atoms with E-state index < -0.39 is 0 Å². The van der Waals surface area contributed by atoms with Crippen molar-refractivity contribution in [3.63, 3.8) is 0 Å². The number of hydrogen-bond acceptors (Lipinski definition) is 2. The summed E-state index contributed by atoms with van der Waals surface area (Å²) in [7, 11) is 0. The average molecular weight is 215 g/mol. The lowest BCUT2D eigenvalue weighted by molar-refractivity contribution is 0.356. The van der Waals surface area contributed by atoms with Crippen molar-refractivity contribution in [3.8, 4) is 5.75 Å². The fourth-order valence-corrected chi connectivity index (χ4v) is 1.29. The molecule has 0 atom stereocenters. The maximum absolute atomic E-state index is 5.66. The standard InChI is InChI=1S/C14H17NO/c1-3-6-12(7-4-2)11-16-14-9-5-8-13(15)10-14/h3-10H,1,11,15H2,2H3/b7-4-,12-6+. The molecule has 0 saturated carbocycles. The third-order valence-corrected chi connectivity index (χ3v) is 1.98. The molecule has 0 aliphatic carbocycles. The lowest BCUT2D eigenvalue weighted by atomic mass is 10.2. The van der Waals surface area contributed by atoms with Gasteiger partial charge in [-0.05, 0) is 24.6 Å². The zero-order valence-corrected chi connectivity index (χ0v) is 9.52. The van der Waals surface area contributed by atoms with Crippen LogP contribution >= 0.6 is 0 Å². The van der Waals surface area contributed by atoms with Crippen LogP contribution in [0.1, 0.15) is 6.92 Å². The van der Waals surface area contributed by atoms with Gasteiger partial charge in [0.05, 0.1) is 0 Å². The topological polar surface area (TPSA) is 35.2 Å². The zero-order valence-electron chi connectivity index (χ0n) is 9.52. The molecule has 0 spiro atoms. The van der Waals surface area contributed by atoms with Crippen LogP contribution in [0.3, 0.4) is 0 Å². The second-order valence-electron chi connectivity index (χ2n) is 3.34. The van der Waals surface area contributed by atoms with Crippen LogP contribution in [0.2, 0.25) is 0 Å². The second-order valence-corrected chi connectivity index (χ2v) is 3.34. The smallest absolute Gasteiger partial charge is 0.121 e. The van der Waals surface area contributed by atoms with Gasteiger partial charge in [0.1, 0.15) is 12.4 Å². The van der Waals surface area contributed by atoms with Crippen molar-refractivity contribution in [1.29, 1.82) is 0 Å². The Morgan fingerprint density at radius 1 is 1.50 bits per heavy atom. The van der Waals surface area contributed by atoms with Crippen LogP contribution in [0.5, 0.6) is 5.75 Å². The van der Waals surface area contributed by atoms with E-state index in [-0.39, 0.29) is 0 Å². The molecule has 1 rings (SSSR count). The number of allylic oxidation sites excluding steroid dienone is 3. The minimum atomic E-state index is 0.514. The highest BCUT2D eigenvalue weighted by Gasteiger charge is 1.95. The summed E-state index contributed by atoms with van der Waals surface area (Å²) in [5.74, 6) is 0.777. The molecule has 84 valence electrons. The Morgan fingerprint density at radius 2 is 2.31 bits per heavy atom. The molecule has 0 bridgehead atoms. The molecule has 1 aromatic carbocycles. The number of nitrogens with two attached hydrogens (primary N) is 1. The van der Waals surface area contributed by atoms with Gasteiger partial charge in [-0.3, -0.25) is 0 Å². The molecular formula is C14H17NO. The lowest BCUT2D eigenvalue weighted by Crippen LogP contribution is -1.99. The Labute approximate surface area is 96.7 Å². The molecule has 0 heterocycles. The predicted octanol–water partition coefficient (Wildman–Crippen LogP) is 3.34. The van der Waals surface area contributed by atoms with Crippen LogP contribution in [0.4, 0.5) is 5.69 Å². The summed E-state index contributed by atoms with van der Waals surface area (Å²) in [5.41, 5.74) is 7.43. The van der Waals surface area contributed by atoms with E-state index in [0.717, 1.165) is 11.3 Å². The molecular weight excluding hydrogens is 198 g/mol. The molecule has 16 heavy (non-hydrogen) atoms. The highest BCUT2D eigenvalue weighted by molar-refractivity contribution is 5.43. The summed E-state index contributed by atoms with van der Waals surface area (Å²) in [6, 6.07) is 7.40. The summed E-state index contributed by atoms with van der Waals surface area (Å²) in [4.78, 5) is 0. The first-order valence-electron chi connectivity index (χ1n) is 5.19. The summed E-state index contributed by atoms with van der Waals surface area (Å²) < 4.78 is 5.61. The molecule has 0 aliphatic heterocycles. The highest BCUT2D eigenvalue weighted by Crippen LogP contribution is 2.15. The first kappa shape index (κ1) is 12.1. The van der Waals surface area contributed by atoms with E-state index in [1.165, 1.54) is 0 Å². The van der Waals surface area contributed by atoms with Gasteiger partial charge in [-0.15, -0.1) is 0 Å². The van der Waals surface area contributed by atoms with Crippen molar-refractivity contribution in [2.24, 2.45) is 0 Å². The Morgan fingerprint density at radius 3 is 2.94 bits per heavy atom. The molecule has 2 N–H and O–H groups in total. The van der Waals surface area contributed by atoms with Crippen molar-refractivity contribution in [2.45, 2.75) is 6.92 Å². The van der Waals surface area contributed by atoms with Gasteiger partial charge in [-0.1, -0.05) is 36.9 Å². The third kappa shape index (κ3) is 4.05. The van der Waals surface area contributed by atoms with Crippen molar-refractivity contribution in [3.05, 3.63) is 60.7 Å². The van der Waals surface area contributed by atoms with E-state index >= 15 is 0 Å². The molecule has 0 unspecified atom stereocenters. The largest absolute Gasteiger partial charge is 0.489 e. The van der Waals surface area contributed by atoms with Crippen molar-refractivity contribution >= 4 is 5.69 Å².